The normalized spacial score (nSPS) is 22.6. The molecule has 1 unspecified atom stereocenters. The summed E-state index contributed by atoms with van der Waals surface area (Å²) in [7, 11) is 2.08. The number of aryl methyl sites for hydroxylation is 1. The smallest absolute Gasteiger partial charge is 0.317 e. The Balaban J connectivity index is 1.39. The number of piperidine rings is 1. The standard InChI is InChI=1S/C19H29N3O3/c1-15-5-3-4-6-18(15)25-16-7-9-22(10-8-16)19(23)20-13-17-14-21(2)11-12-24-17/h3-6,16-17H,7-14H2,1-2H3,(H,20,23). The highest BCUT2D eigenvalue weighted by atomic mass is 16.5. The molecule has 138 valence electrons. The molecule has 2 aliphatic rings. The molecule has 0 saturated carbocycles. The van der Waals surface area contributed by atoms with Gasteiger partial charge in [-0.25, -0.2) is 4.79 Å². The molecule has 25 heavy (non-hydrogen) atoms. The highest BCUT2D eigenvalue weighted by molar-refractivity contribution is 5.74. The lowest BCUT2D eigenvalue weighted by atomic mass is 10.1. The third-order valence-corrected chi connectivity index (χ3v) is 4.94. The number of likely N-dealkylation sites (N-methyl/N-ethyl adjacent to an activating group) is 1. The molecular formula is C19H29N3O3. The van der Waals surface area contributed by atoms with Gasteiger partial charge in [-0.15, -0.1) is 0 Å². The van der Waals surface area contributed by atoms with Crippen LogP contribution < -0.4 is 10.1 Å². The maximum atomic E-state index is 12.3. The second-order valence-corrected chi connectivity index (χ2v) is 7.01. The summed E-state index contributed by atoms with van der Waals surface area (Å²) in [4.78, 5) is 16.5. The first-order valence-electron chi connectivity index (χ1n) is 9.17. The minimum Gasteiger partial charge on any atom is -0.490 e. The summed E-state index contributed by atoms with van der Waals surface area (Å²) in [6, 6.07) is 8.09. The van der Waals surface area contributed by atoms with Gasteiger partial charge in [-0.05, 0) is 25.6 Å². The predicted molar refractivity (Wildman–Crippen MR) is 97.0 cm³/mol. The fourth-order valence-corrected chi connectivity index (χ4v) is 3.35. The summed E-state index contributed by atoms with van der Waals surface area (Å²) in [6.07, 6.45) is 2.00. The number of morpholine rings is 1. The first kappa shape index (κ1) is 18.0. The number of amides is 2. The summed E-state index contributed by atoms with van der Waals surface area (Å²) in [5, 5.41) is 3.01. The van der Waals surface area contributed by atoms with Gasteiger partial charge in [0.05, 0.1) is 12.7 Å². The van der Waals surface area contributed by atoms with E-state index < -0.39 is 0 Å². The summed E-state index contributed by atoms with van der Waals surface area (Å²) >= 11 is 0. The Kier molecular flexibility index (Phi) is 6.15. The van der Waals surface area contributed by atoms with Crippen molar-refractivity contribution in [1.29, 1.82) is 0 Å². The lowest BCUT2D eigenvalue weighted by Crippen LogP contribution is -2.51. The molecule has 2 fully saturated rings. The second kappa shape index (κ2) is 8.54. The lowest BCUT2D eigenvalue weighted by molar-refractivity contribution is -0.0174. The maximum absolute atomic E-state index is 12.3. The number of urea groups is 1. The van der Waals surface area contributed by atoms with Crippen molar-refractivity contribution < 1.29 is 14.3 Å². The predicted octanol–water partition coefficient (Wildman–Crippen LogP) is 1.88. The van der Waals surface area contributed by atoms with Crippen LogP contribution >= 0.6 is 0 Å². The Bertz CT molecular complexity index is 573. The fourth-order valence-electron chi connectivity index (χ4n) is 3.35. The molecule has 6 heteroatoms. The van der Waals surface area contributed by atoms with Crippen LogP contribution in [0.25, 0.3) is 0 Å². The van der Waals surface area contributed by atoms with Crippen molar-refractivity contribution in [1.82, 2.24) is 15.1 Å². The average Bonchev–Trinajstić information content (AvgIpc) is 2.62. The monoisotopic (exact) mass is 347 g/mol. The zero-order valence-corrected chi connectivity index (χ0v) is 15.2. The number of nitrogens with zero attached hydrogens (tertiary/aromatic N) is 2. The zero-order valence-electron chi connectivity index (χ0n) is 15.2. The van der Waals surface area contributed by atoms with Crippen LogP contribution in [0.15, 0.2) is 24.3 Å². The van der Waals surface area contributed by atoms with Crippen LogP contribution in [0.5, 0.6) is 5.75 Å². The number of hydrogen-bond acceptors (Lipinski definition) is 4. The van der Waals surface area contributed by atoms with Crippen LogP contribution in [0.4, 0.5) is 4.79 Å². The van der Waals surface area contributed by atoms with Crippen molar-refractivity contribution in [2.24, 2.45) is 0 Å². The Morgan fingerprint density at radius 2 is 2.04 bits per heavy atom. The van der Waals surface area contributed by atoms with Gasteiger partial charge < -0.3 is 24.6 Å². The third kappa shape index (κ3) is 5.09. The molecule has 2 heterocycles. The molecule has 6 nitrogen and oxygen atoms in total. The molecule has 1 aromatic rings. The van der Waals surface area contributed by atoms with E-state index in [2.05, 4.69) is 30.3 Å². The molecule has 3 rings (SSSR count). The van der Waals surface area contributed by atoms with Crippen LogP contribution in [0.3, 0.4) is 0 Å². The van der Waals surface area contributed by atoms with Gasteiger partial charge in [0, 0.05) is 45.6 Å². The molecule has 0 spiro atoms. The van der Waals surface area contributed by atoms with E-state index in [9.17, 15) is 4.79 Å². The minimum atomic E-state index is 0.00571. The van der Waals surface area contributed by atoms with Crippen molar-refractivity contribution in [3.05, 3.63) is 29.8 Å². The number of carbonyl (C=O) groups is 1. The van der Waals surface area contributed by atoms with E-state index in [1.165, 1.54) is 0 Å². The van der Waals surface area contributed by atoms with Crippen molar-refractivity contribution >= 4 is 6.03 Å². The molecule has 1 aromatic carbocycles. The highest BCUT2D eigenvalue weighted by Crippen LogP contribution is 2.22. The van der Waals surface area contributed by atoms with E-state index >= 15 is 0 Å². The van der Waals surface area contributed by atoms with Gasteiger partial charge in [0.2, 0.25) is 0 Å². The van der Waals surface area contributed by atoms with Crippen molar-refractivity contribution in [3.63, 3.8) is 0 Å². The molecule has 0 bridgehead atoms. The van der Waals surface area contributed by atoms with Gasteiger partial charge in [-0.1, -0.05) is 18.2 Å². The maximum Gasteiger partial charge on any atom is 0.317 e. The van der Waals surface area contributed by atoms with Crippen molar-refractivity contribution in [3.8, 4) is 5.75 Å². The van der Waals surface area contributed by atoms with Gasteiger partial charge in [0.15, 0.2) is 0 Å². The summed E-state index contributed by atoms with van der Waals surface area (Å²) in [5.41, 5.74) is 1.15. The lowest BCUT2D eigenvalue weighted by Gasteiger charge is -2.34. The van der Waals surface area contributed by atoms with Crippen LogP contribution in [0.1, 0.15) is 18.4 Å². The first-order valence-corrected chi connectivity index (χ1v) is 9.17. The van der Waals surface area contributed by atoms with Gasteiger partial charge in [-0.3, -0.25) is 0 Å². The van der Waals surface area contributed by atoms with Crippen molar-refractivity contribution in [2.75, 3.05) is 46.4 Å². The van der Waals surface area contributed by atoms with Crippen LogP contribution in [-0.2, 0) is 4.74 Å². The quantitative estimate of drug-likeness (QED) is 0.904. The molecular weight excluding hydrogens is 318 g/mol. The SMILES string of the molecule is Cc1ccccc1OC1CCN(C(=O)NCC2CN(C)CCO2)CC1. The van der Waals surface area contributed by atoms with Crippen molar-refractivity contribution in [2.45, 2.75) is 32.0 Å². The Morgan fingerprint density at radius 3 is 2.76 bits per heavy atom. The van der Waals surface area contributed by atoms with Gasteiger partial charge >= 0.3 is 6.03 Å². The number of ether oxygens (including phenoxy) is 2. The number of rotatable bonds is 4. The van der Waals surface area contributed by atoms with Crippen LogP contribution in [0, 0.1) is 6.92 Å². The minimum absolute atomic E-state index is 0.00571. The van der Waals surface area contributed by atoms with E-state index in [0.717, 1.165) is 56.9 Å². The van der Waals surface area contributed by atoms with Crippen LogP contribution in [0.2, 0.25) is 0 Å². The van der Waals surface area contributed by atoms with Gasteiger partial charge in [-0.2, -0.15) is 0 Å². The van der Waals surface area contributed by atoms with Gasteiger partial charge in [0.25, 0.3) is 0 Å². The van der Waals surface area contributed by atoms with E-state index in [-0.39, 0.29) is 18.2 Å². The number of nitrogens with one attached hydrogen (secondary N) is 1. The van der Waals surface area contributed by atoms with E-state index in [1.54, 1.807) is 0 Å². The highest BCUT2D eigenvalue weighted by Gasteiger charge is 2.25. The topological polar surface area (TPSA) is 54.0 Å². The molecule has 1 N–H and O–H groups in total. The molecule has 0 aliphatic carbocycles. The number of likely N-dealkylation sites (tertiary alicyclic amines) is 1. The molecule has 1 atom stereocenters. The van der Waals surface area contributed by atoms with E-state index in [4.69, 9.17) is 9.47 Å². The molecule has 0 aromatic heterocycles. The number of carbonyl (C=O) groups excluding carboxylic acids is 1. The zero-order chi connectivity index (χ0) is 17.6. The second-order valence-electron chi connectivity index (χ2n) is 7.01. The summed E-state index contributed by atoms with van der Waals surface area (Å²) in [5.74, 6) is 0.948. The van der Waals surface area contributed by atoms with Gasteiger partial charge in [0.1, 0.15) is 11.9 Å². The molecule has 0 radical (unpaired) electrons. The molecule has 2 aliphatic heterocycles. The Labute approximate surface area is 150 Å². The number of benzene rings is 1. The fraction of sp³-hybridized carbons (Fsp3) is 0.632. The van der Waals surface area contributed by atoms with Crippen LogP contribution in [-0.4, -0.2) is 74.4 Å². The Hall–Kier alpha value is -1.79. The summed E-state index contributed by atoms with van der Waals surface area (Å²) < 4.78 is 11.8. The summed E-state index contributed by atoms with van der Waals surface area (Å²) in [6.45, 7) is 6.65. The largest absolute Gasteiger partial charge is 0.490 e. The average molecular weight is 347 g/mol. The Morgan fingerprint density at radius 1 is 1.28 bits per heavy atom. The number of hydrogen-bond donors (Lipinski definition) is 1. The van der Waals surface area contributed by atoms with E-state index in [0.29, 0.717) is 6.54 Å². The number of para-hydroxylation sites is 1. The van der Waals surface area contributed by atoms with E-state index in [1.807, 2.05) is 23.1 Å². The molecule has 2 saturated heterocycles. The first-order chi connectivity index (χ1) is 12.1. The molecule has 2 amide bonds. The third-order valence-electron chi connectivity index (χ3n) is 4.94.